The molecule has 262 valence electrons. The zero-order chi connectivity index (χ0) is 36.7. The normalized spacial score (nSPS) is 13.6. The molecular formula is C53H40N2. The van der Waals surface area contributed by atoms with Crippen molar-refractivity contribution in [1.82, 2.24) is 4.57 Å². The quantitative estimate of drug-likeness (QED) is 0.173. The number of anilines is 3. The van der Waals surface area contributed by atoms with Gasteiger partial charge >= 0.3 is 0 Å². The van der Waals surface area contributed by atoms with E-state index in [1.165, 1.54) is 83.1 Å². The average Bonchev–Trinajstić information content (AvgIpc) is 3.69. The predicted molar refractivity (Wildman–Crippen MR) is 231 cm³/mol. The van der Waals surface area contributed by atoms with E-state index in [4.69, 9.17) is 0 Å². The molecule has 0 bridgehead atoms. The van der Waals surface area contributed by atoms with Gasteiger partial charge in [-0.15, -0.1) is 0 Å². The van der Waals surface area contributed by atoms with Gasteiger partial charge in [-0.3, -0.25) is 0 Å². The molecule has 2 nitrogen and oxygen atoms in total. The summed E-state index contributed by atoms with van der Waals surface area (Å²) in [5.74, 6) is 0. The lowest BCUT2D eigenvalue weighted by Gasteiger charge is -2.28. The van der Waals surface area contributed by atoms with Gasteiger partial charge in [0.1, 0.15) is 0 Å². The first kappa shape index (κ1) is 31.8. The van der Waals surface area contributed by atoms with Crippen molar-refractivity contribution in [2.45, 2.75) is 32.1 Å². The first-order chi connectivity index (χ1) is 27.0. The molecule has 0 atom stereocenters. The Morgan fingerprint density at radius 2 is 1.13 bits per heavy atom. The molecule has 1 heterocycles. The van der Waals surface area contributed by atoms with Gasteiger partial charge in [0.15, 0.2) is 0 Å². The molecule has 2 aliphatic rings. The van der Waals surface area contributed by atoms with Crippen LogP contribution in [0.15, 0.2) is 182 Å². The van der Waals surface area contributed by atoms with Gasteiger partial charge in [0.05, 0.1) is 5.52 Å². The summed E-state index contributed by atoms with van der Waals surface area (Å²) < 4.78 is 2.49. The van der Waals surface area contributed by atoms with E-state index < -0.39 is 0 Å². The lowest BCUT2D eigenvalue weighted by molar-refractivity contribution is 0.660. The van der Waals surface area contributed by atoms with Crippen molar-refractivity contribution in [1.29, 1.82) is 0 Å². The SMILES string of the molecule is CC1(C)c2ccccc2-c2ccc(N(c3ccc(-c4ccc5c(c4)c4c(n5-c5ccccc5)CCc5ccccc5-4)cc3)c3ccc4ccccc4c3)cc21. The van der Waals surface area contributed by atoms with Crippen LogP contribution >= 0.6 is 0 Å². The van der Waals surface area contributed by atoms with E-state index in [1.807, 2.05) is 0 Å². The second kappa shape index (κ2) is 12.2. The summed E-state index contributed by atoms with van der Waals surface area (Å²) >= 11 is 0. The van der Waals surface area contributed by atoms with Crippen molar-refractivity contribution in [3.63, 3.8) is 0 Å². The number of benzene rings is 8. The van der Waals surface area contributed by atoms with Crippen LogP contribution in [0.25, 0.3) is 60.7 Å². The van der Waals surface area contributed by atoms with E-state index in [0.29, 0.717) is 0 Å². The van der Waals surface area contributed by atoms with Crippen LogP contribution in [0.1, 0.15) is 36.2 Å². The van der Waals surface area contributed by atoms with Gasteiger partial charge in [-0.05, 0) is 129 Å². The van der Waals surface area contributed by atoms with E-state index >= 15 is 0 Å². The summed E-state index contributed by atoms with van der Waals surface area (Å²) in [5, 5.41) is 3.79. The topological polar surface area (TPSA) is 8.17 Å². The summed E-state index contributed by atoms with van der Waals surface area (Å²) in [6.07, 6.45) is 2.08. The third-order valence-corrected chi connectivity index (χ3v) is 12.3. The van der Waals surface area contributed by atoms with Crippen LogP contribution in [0.2, 0.25) is 0 Å². The van der Waals surface area contributed by atoms with Crippen LogP contribution in [0, 0.1) is 0 Å². The van der Waals surface area contributed by atoms with Gasteiger partial charge in [0, 0.05) is 44.8 Å². The largest absolute Gasteiger partial charge is 0.313 e. The smallest absolute Gasteiger partial charge is 0.0538 e. The van der Waals surface area contributed by atoms with E-state index in [1.54, 1.807) is 0 Å². The Bertz CT molecular complexity index is 2950. The zero-order valence-electron chi connectivity index (χ0n) is 31.1. The predicted octanol–water partition coefficient (Wildman–Crippen LogP) is 14.0. The summed E-state index contributed by atoms with van der Waals surface area (Å²) in [7, 11) is 0. The summed E-state index contributed by atoms with van der Waals surface area (Å²) in [5.41, 5.74) is 19.3. The lowest BCUT2D eigenvalue weighted by Crippen LogP contribution is -2.16. The van der Waals surface area contributed by atoms with Crippen LogP contribution < -0.4 is 4.90 Å². The number of aromatic nitrogens is 1. The van der Waals surface area contributed by atoms with Crippen LogP contribution in [0.3, 0.4) is 0 Å². The van der Waals surface area contributed by atoms with Gasteiger partial charge in [0.2, 0.25) is 0 Å². The second-order valence-electron chi connectivity index (χ2n) is 15.7. The molecular weight excluding hydrogens is 665 g/mol. The molecule has 0 unspecified atom stereocenters. The lowest BCUT2D eigenvalue weighted by atomic mass is 9.82. The molecule has 0 aliphatic heterocycles. The fraction of sp³-hybridized carbons (Fsp3) is 0.0943. The third-order valence-electron chi connectivity index (χ3n) is 12.3. The Kier molecular flexibility index (Phi) is 7.06. The molecule has 9 aromatic rings. The molecule has 0 saturated heterocycles. The highest BCUT2D eigenvalue weighted by Crippen LogP contribution is 2.51. The second-order valence-corrected chi connectivity index (χ2v) is 15.7. The molecule has 55 heavy (non-hydrogen) atoms. The summed E-state index contributed by atoms with van der Waals surface area (Å²) in [6, 6.07) is 67.5. The van der Waals surface area contributed by atoms with Crippen LogP contribution in [-0.2, 0) is 18.3 Å². The molecule has 8 aromatic carbocycles. The number of rotatable bonds is 5. The van der Waals surface area contributed by atoms with Crippen molar-refractivity contribution in [2.75, 3.05) is 4.90 Å². The Morgan fingerprint density at radius 3 is 1.98 bits per heavy atom. The van der Waals surface area contributed by atoms with E-state index in [-0.39, 0.29) is 5.41 Å². The summed E-state index contributed by atoms with van der Waals surface area (Å²) in [4.78, 5) is 2.42. The van der Waals surface area contributed by atoms with Crippen LogP contribution in [0.4, 0.5) is 17.1 Å². The number of para-hydroxylation sites is 1. The standard InChI is InChI=1S/C53H40N2/c1-53(2)48-19-11-10-18-45(48)46-29-28-43(34-49(46)53)54(42-27-22-35-12-6-7-14-38(35)32-42)41-25-20-36(21-26-41)39-24-30-50-47(33-39)52-44-17-9-8-13-37(44)23-31-51(52)55(50)40-15-4-3-5-16-40/h3-22,24-30,32-34H,23,31H2,1-2H3. The molecule has 0 fully saturated rings. The Hall–Kier alpha value is -6.64. The Morgan fingerprint density at radius 1 is 0.473 bits per heavy atom. The number of fused-ring (bicyclic) bond motifs is 9. The molecule has 11 rings (SSSR count). The van der Waals surface area contributed by atoms with Crippen molar-refractivity contribution in [2.24, 2.45) is 0 Å². The maximum Gasteiger partial charge on any atom is 0.0538 e. The van der Waals surface area contributed by atoms with E-state index in [2.05, 4.69) is 205 Å². The molecule has 0 N–H and O–H groups in total. The number of nitrogens with zero attached hydrogens (tertiary/aromatic N) is 2. The first-order valence-electron chi connectivity index (χ1n) is 19.5. The monoisotopic (exact) mass is 704 g/mol. The zero-order valence-corrected chi connectivity index (χ0v) is 31.1. The average molecular weight is 705 g/mol. The summed E-state index contributed by atoms with van der Waals surface area (Å²) in [6.45, 7) is 4.72. The Balaban J connectivity index is 1.04. The van der Waals surface area contributed by atoms with Gasteiger partial charge in [-0.2, -0.15) is 0 Å². The maximum atomic E-state index is 2.49. The van der Waals surface area contributed by atoms with Gasteiger partial charge < -0.3 is 9.47 Å². The highest BCUT2D eigenvalue weighted by molar-refractivity contribution is 6.03. The molecule has 1 aromatic heterocycles. The molecule has 0 radical (unpaired) electrons. The van der Waals surface area contributed by atoms with Crippen molar-refractivity contribution in [3.8, 4) is 39.1 Å². The number of aryl methyl sites for hydroxylation is 1. The Labute approximate surface area is 322 Å². The highest BCUT2D eigenvalue weighted by Gasteiger charge is 2.35. The fourth-order valence-corrected chi connectivity index (χ4v) is 9.57. The van der Waals surface area contributed by atoms with Gasteiger partial charge in [-0.1, -0.05) is 135 Å². The van der Waals surface area contributed by atoms with Crippen LogP contribution in [0.5, 0.6) is 0 Å². The third kappa shape index (κ3) is 4.95. The van der Waals surface area contributed by atoms with E-state index in [0.717, 1.165) is 29.9 Å². The maximum absolute atomic E-state index is 2.49. The van der Waals surface area contributed by atoms with Gasteiger partial charge in [0.25, 0.3) is 0 Å². The fourth-order valence-electron chi connectivity index (χ4n) is 9.57. The van der Waals surface area contributed by atoms with Crippen molar-refractivity contribution >= 4 is 38.7 Å². The van der Waals surface area contributed by atoms with Gasteiger partial charge in [-0.25, -0.2) is 0 Å². The molecule has 0 spiro atoms. The number of hydrogen-bond donors (Lipinski definition) is 0. The molecule has 0 saturated carbocycles. The van der Waals surface area contributed by atoms with Crippen LogP contribution in [-0.4, -0.2) is 4.57 Å². The number of hydrogen-bond acceptors (Lipinski definition) is 1. The van der Waals surface area contributed by atoms with Crippen molar-refractivity contribution < 1.29 is 0 Å². The minimum atomic E-state index is -0.0847. The minimum Gasteiger partial charge on any atom is -0.313 e. The molecule has 2 heteroatoms. The minimum absolute atomic E-state index is 0.0847. The van der Waals surface area contributed by atoms with E-state index in [9.17, 15) is 0 Å². The highest BCUT2D eigenvalue weighted by atomic mass is 15.1. The molecule has 2 aliphatic carbocycles. The molecule has 0 amide bonds. The van der Waals surface area contributed by atoms with Crippen molar-refractivity contribution in [3.05, 3.63) is 204 Å². The first-order valence-corrected chi connectivity index (χ1v) is 19.5.